The lowest BCUT2D eigenvalue weighted by atomic mass is 9.88. The number of alkyl halides is 3. The zero-order valence-corrected chi connectivity index (χ0v) is 33.0. The summed E-state index contributed by atoms with van der Waals surface area (Å²) >= 11 is 0. The number of carbonyl (C=O) groups excluding carboxylic acids is 4. The molecule has 4 atom stereocenters. The van der Waals surface area contributed by atoms with Crippen molar-refractivity contribution in [3.05, 3.63) is 72.1 Å². The molecule has 1 aliphatic carbocycles. The number of hydrogen-bond donors (Lipinski definition) is 4. The number of nitrogens with zero attached hydrogens (tertiary/aromatic N) is 2. The number of aryl methyl sites for hydroxylation is 1. The number of hydrogen-bond acceptors (Lipinski definition) is 8. The number of sulfonamides is 1. The van der Waals surface area contributed by atoms with Crippen LogP contribution in [0.1, 0.15) is 83.1 Å². The van der Waals surface area contributed by atoms with Gasteiger partial charge in [0.15, 0.2) is 0 Å². The number of carbonyl (C=O) groups is 4. The van der Waals surface area contributed by atoms with Crippen LogP contribution >= 0.6 is 0 Å². The molecule has 17 heteroatoms. The number of pyridine rings is 1. The van der Waals surface area contributed by atoms with Crippen molar-refractivity contribution in [2.45, 2.75) is 107 Å². The van der Waals surface area contributed by atoms with Gasteiger partial charge in [0.2, 0.25) is 34.2 Å². The SMILES string of the molecule is CC1(S(=O)(=O)NC(=O)C2C/C=C\CCCCC[C@H](NC(=O)CC(F)(F)F)C(=O)N3C[C@@H](CCc4c(O)c(-c5cccc(F)c5)nc5ccccc45)CC23)CC1.NC=O. The molecule has 3 aliphatic rings. The number of aromatic hydroxyl groups is 1. The van der Waals surface area contributed by atoms with E-state index in [1.807, 2.05) is 12.1 Å². The van der Waals surface area contributed by atoms with Crippen molar-refractivity contribution >= 4 is 45.1 Å². The second-order valence-corrected chi connectivity index (χ2v) is 17.6. The largest absolute Gasteiger partial charge is 0.505 e. The summed E-state index contributed by atoms with van der Waals surface area (Å²) in [5, 5.41) is 14.6. The first kappa shape index (κ1) is 44.1. The van der Waals surface area contributed by atoms with E-state index in [0.29, 0.717) is 67.0 Å². The van der Waals surface area contributed by atoms with Crippen molar-refractivity contribution in [2.24, 2.45) is 17.6 Å². The van der Waals surface area contributed by atoms with Gasteiger partial charge >= 0.3 is 6.18 Å². The number of nitrogens with one attached hydrogen (secondary N) is 2. The summed E-state index contributed by atoms with van der Waals surface area (Å²) < 4.78 is 81.4. The van der Waals surface area contributed by atoms with Crippen molar-refractivity contribution in [1.29, 1.82) is 0 Å². The summed E-state index contributed by atoms with van der Waals surface area (Å²) in [5.41, 5.74) is 5.86. The Hall–Kier alpha value is -5.06. The van der Waals surface area contributed by atoms with Crippen LogP contribution in [0.2, 0.25) is 0 Å². The molecule has 1 saturated carbocycles. The van der Waals surface area contributed by atoms with Crippen LogP contribution < -0.4 is 15.8 Å². The second-order valence-electron chi connectivity index (χ2n) is 15.4. The minimum Gasteiger partial charge on any atom is -0.505 e. The highest BCUT2D eigenvalue weighted by atomic mass is 32.2. The van der Waals surface area contributed by atoms with Gasteiger partial charge in [-0.2, -0.15) is 13.2 Å². The lowest BCUT2D eigenvalue weighted by molar-refractivity contribution is -0.156. The first-order chi connectivity index (χ1) is 27.5. The number of amides is 4. The van der Waals surface area contributed by atoms with Crippen LogP contribution in [0.4, 0.5) is 17.6 Å². The topological polar surface area (TPSA) is 189 Å². The van der Waals surface area contributed by atoms with Crippen LogP contribution in [0.15, 0.2) is 60.7 Å². The van der Waals surface area contributed by atoms with Crippen molar-refractivity contribution in [3.63, 3.8) is 0 Å². The average Bonchev–Trinajstić information content (AvgIpc) is 3.78. The molecule has 1 saturated heterocycles. The highest BCUT2D eigenvalue weighted by Crippen LogP contribution is 2.43. The van der Waals surface area contributed by atoms with Crippen LogP contribution in [0.25, 0.3) is 22.2 Å². The number of primary amides is 1. The molecule has 2 aliphatic heterocycles. The molecule has 2 fully saturated rings. The lowest BCUT2D eigenvalue weighted by Gasteiger charge is -2.33. The van der Waals surface area contributed by atoms with Gasteiger partial charge in [-0.15, -0.1) is 0 Å². The first-order valence-electron chi connectivity index (χ1n) is 19.4. The lowest BCUT2D eigenvalue weighted by Crippen LogP contribution is -2.54. The summed E-state index contributed by atoms with van der Waals surface area (Å²) in [6, 6.07) is 10.8. The summed E-state index contributed by atoms with van der Waals surface area (Å²) in [4.78, 5) is 55.6. The summed E-state index contributed by atoms with van der Waals surface area (Å²) in [6.07, 6.45) is 1.79. The van der Waals surface area contributed by atoms with E-state index in [1.54, 1.807) is 37.3 Å². The molecule has 0 radical (unpaired) electrons. The summed E-state index contributed by atoms with van der Waals surface area (Å²) in [5.74, 6) is -4.69. The third kappa shape index (κ3) is 10.9. The van der Waals surface area contributed by atoms with Crippen molar-refractivity contribution in [2.75, 3.05) is 6.54 Å². The molecule has 6 rings (SSSR count). The Morgan fingerprint density at radius 2 is 1.81 bits per heavy atom. The van der Waals surface area contributed by atoms with Gasteiger partial charge in [0.25, 0.3) is 0 Å². The van der Waals surface area contributed by atoms with Gasteiger partial charge in [-0.3, -0.25) is 23.9 Å². The zero-order valence-electron chi connectivity index (χ0n) is 32.1. The third-order valence-electron chi connectivity index (χ3n) is 11.1. The van der Waals surface area contributed by atoms with Gasteiger partial charge in [0.1, 0.15) is 29.7 Å². The fraction of sp³-hybridized carbons (Fsp3) is 0.488. The number of aromatic nitrogens is 1. The van der Waals surface area contributed by atoms with E-state index in [1.165, 1.54) is 23.1 Å². The predicted octanol–water partition coefficient (Wildman–Crippen LogP) is 5.96. The van der Waals surface area contributed by atoms with Crippen molar-refractivity contribution in [3.8, 4) is 17.0 Å². The standard InChI is InChI=1S/C40H46F4N4O6S.CH3NO/c1-39(19-20-39)55(53,54)47-37(51)30-14-6-4-2-3-5-7-16-32(45-34(49)23-40(42,43)44)38(52)48-24-25(21-33(30)48)17-18-29-28-13-8-9-15-31(28)46-35(36(29)50)26-11-10-12-27(41)22-26;2-1-3/h4,6,8-13,15,22,25,30,32-33,50H,2-3,5,7,14,16-21,23-24H2,1H3,(H,45,49)(H,47,51);1H,(H2,2,3)/b6-4-;/t25-,30?,32-,33?;/m0./s1. The van der Waals surface area contributed by atoms with Crippen molar-refractivity contribution in [1.82, 2.24) is 19.9 Å². The number of nitrogens with two attached hydrogens (primary N) is 1. The molecule has 2 aromatic carbocycles. The number of benzene rings is 2. The molecule has 314 valence electrons. The summed E-state index contributed by atoms with van der Waals surface area (Å²) in [6.45, 7) is 1.63. The number of allylic oxidation sites excluding steroid dienone is 2. The number of halogens is 4. The highest BCUT2D eigenvalue weighted by molar-refractivity contribution is 7.91. The van der Waals surface area contributed by atoms with E-state index in [2.05, 4.69) is 20.8 Å². The minimum atomic E-state index is -4.78. The Morgan fingerprint density at radius 3 is 2.50 bits per heavy atom. The Bertz CT molecular complexity index is 2130. The van der Waals surface area contributed by atoms with Gasteiger partial charge in [-0.05, 0) is 88.8 Å². The van der Waals surface area contributed by atoms with Gasteiger partial charge < -0.3 is 21.1 Å². The molecule has 2 unspecified atom stereocenters. The van der Waals surface area contributed by atoms with Gasteiger partial charge in [0.05, 0.1) is 16.2 Å². The normalized spacial score (nSPS) is 22.8. The Kier molecular flexibility index (Phi) is 14.2. The molecule has 4 amide bonds. The zero-order chi connectivity index (χ0) is 42.3. The molecular formula is C41H49F4N5O7S. The molecule has 12 nitrogen and oxygen atoms in total. The van der Waals surface area contributed by atoms with Crippen molar-refractivity contribution < 1.29 is 50.3 Å². The number of para-hydroxylation sites is 1. The number of fused-ring (bicyclic) bond motifs is 2. The fourth-order valence-electron chi connectivity index (χ4n) is 7.76. The monoisotopic (exact) mass is 831 g/mol. The number of rotatable bonds is 9. The van der Waals surface area contributed by atoms with Crippen LogP contribution in [-0.4, -0.2) is 77.1 Å². The van der Waals surface area contributed by atoms with Crippen LogP contribution in [0, 0.1) is 17.7 Å². The smallest absolute Gasteiger partial charge is 0.397 e. The Morgan fingerprint density at radius 1 is 1.09 bits per heavy atom. The van der Waals surface area contributed by atoms with E-state index in [0.717, 1.165) is 0 Å². The highest BCUT2D eigenvalue weighted by Gasteiger charge is 2.52. The van der Waals surface area contributed by atoms with Gasteiger partial charge in [-0.25, -0.2) is 17.8 Å². The maximum Gasteiger partial charge on any atom is 0.397 e. The molecular weight excluding hydrogens is 783 g/mol. The third-order valence-corrected chi connectivity index (χ3v) is 13.3. The minimum absolute atomic E-state index is 0.0770. The molecule has 0 spiro atoms. The predicted molar refractivity (Wildman–Crippen MR) is 209 cm³/mol. The van der Waals surface area contributed by atoms with Crippen LogP contribution in [0.5, 0.6) is 5.75 Å². The van der Waals surface area contributed by atoms with Crippen LogP contribution in [0.3, 0.4) is 0 Å². The van der Waals surface area contributed by atoms with E-state index in [4.69, 9.17) is 4.79 Å². The molecule has 5 N–H and O–H groups in total. The summed E-state index contributed by atoms with van der Waals surface area (Å²) in [7, 11) is -4.04. The quantitative estimate of drug-likeness (QED) is 0.116. The average molecular weight is 832 g/mol. The molecule has 58 heavy (non-hydrogen) atoms. The maximum atomic E-state index is 14.4. The second kappa shape index (κ2) is 18.7. The molecule has 0 bridgehead atoms. The molecule has 1 aromatic heterocycles. The fourth-order valence-corrected chi connectivity index (χ4v) is 9.06. The van der Waals surface area contributed by atoms with E-state index >= 15 is 0 Å². The Labute approximate surface area is 334 Å². The van der Waals surface area contributed by atoms with E-state index in [9.17, 15) is 45.5 Å². The maximum absolute atomic E-state index is 14.4. The Balaban J connectivity index is 0.00000207. The molecule has 3 heterocycles. The van der Waals surface area contributed by atoms with Gasteiger partial charge in [-0.1, -0.05) is 55.3 Å². The van der Waals surface area contributed by atoms with Crippen LogP contribution in [-0.2, 0) is 35.6 Å². The molecule has 3 aromatic rings. The van der Waals surface area contributed by atoms with E-state index < -0.39 is 68.9 Å². The first-order valence-corrected chi connectivity index (χ1v) is 20.8. The van der Waals surface area contributed by atoms with E-state index in [-0.39, 0.29) is 56.0 Å². The van der Waals surface area contributed by atoms with Gasteiger partial charge in [0, 0.05) is 29.1 Å².